The monoisotopic (exact) mass is 300 g/mol. The van der Waals surface area contributed by atoms with E-state index in [4.69, 9.17) is 10.5 Å². The van der Waals surface area contributed by atoms with E-state index in [0.717, 1.165) is 4.90 Å². The fourth-order valence-electron chi connectivity index (χ4n) is 2.13. The predicted molar refractivity (Wildman–Crippen MR) is 76.9 cm³/mol. The highest BCUT2D eigenvalue weighted by Gasteiger charge is 2.43. The van der Waals surface area contributed by atoms with Crippen LogP contribution in [0.1, 0.15) is 12.0 Å². The number of rotatable bonds is 4. The Morgan fingerprint density at radius 1 is 1.43 bits per heavy atom. The van der Waals surface area contributed by atoms with Gasteiger partial charge in [0.25, 0.3) is 5.92 Å². The molecule has 1 aliphatic rings. The SMILES string of the molecule is COCc1ccccc1.NCC1CCN(C=O)CC1(F)F. The van der Waals surface area contributed by atoms with Gasteiger partial charge in [-0.2, -0.15) is 0 Å². The Morgan fingerprint density at radius 3 is 2.57 bits per heavy atom. The number of halogens is 2. The number of carbonyl (C=O) groups is 1. The Kier molecular flexibility index (Phi) is 7.25. The third kappa shape index (κ3) is 5.77. The molecule has 2 rings (SSSR count). The summed E-state index contributed by atoms with van der Waals surface area (Å²) >= 11 is 0. The Hall–Kier alpha value is -1.53. The molecule has 0 spiro atoms. The van der Waals surface area contributed by atoms with E-state index in [0.29, 0.717) is 26.0 Å². The lowest BCUT2D eigenvalue weighted by Gasteiger charge is -2.35. The second kappa shape index (κ2) is 8.69. The van der Waals surface area contributed by atoms with E-state index in [1.807, 2.05) is 30.3 Å². The van der Waals surface area contributed by atoms with Gasteiger partial charge < -0.3 is 15.4 Å². The second-order valence-electron chi connectivity index (χ2n) is 4.98. The van der Waals surface area contributed by atoms with Crippen molar-refractivity contribution in [3.8, 4) is 0 Å². The molecule has 1 aromatic carbocycles. The number of ether oxygens (including phenoxy) is 1. The van der Waals surface area contributed by atoms with Crippen molar-refractivity contribution in [3.63, 3.8) is 0 Å². The van der Waals surface area contributed by atoms with Crippen LogP contribution in [0.4, 0.5) is 8.78 Å². The predicted octanol–water partition coefficient (Wildman–Crippen LogP) is 1.89. The molecular formula is C15H22F2N2O2. The zero-order valence-corrected chi connectivity index (χ0v) is 12.2. The molecule has 1 saturated heterocycles. The number of piperidine rings is 1. The highest BCUT2D eigenvalue weighted by Crippen LogP contribution is 2.31. The van der Waals surface area contributed by atoms with Gasteiger partial charge in [-0.3, -0.25) is 4.79 Å². The zero-order chi connectivity index (χ0) is 15.7. The molecule has 0 radical (unpaired) electrons. The lowest BCUT2D eigenvalue weighted by molar-refractivity contribution is -0.137. The van der Waals surface area contributed by atoms with Crippen LogP contribution in [-0.4, -0.2) is 44.0 Å². The molecule has 1 aromatic rings. The van der Waals surface area contributed by atoms with E-state index in [9.17, 15) is 13.6 Å². The third-order valence-electron chi connectivity index (χ3n) is 3.36. The lowest BCUT2D eigenvalue weighted by Crippen LogP contribution is -2.50. The van der Waals surface area contributed by atoms with Crippen molar-refractivity contribution in [1.29, 1.82) is 0 Å². The standard InChI is InChI=1S/C8H10O.C7H12F2N2O/c1-9-7-8-5-3-2-4-6-8;8-7(9)4-11(5-12)2-1-6(7)3-10/h2-6H,7H2,1H3;5-6H,1-4,10H2. The van der Waals surface area contributed by atoms with Crippen molar-refractivity contribution in [3.05, 3.63) is 35.9 Å². The molecule has 4 nitrogen and oxygen atoms in total. The average Bonchev–Trinajstić information content (AvgIpc) is 2.48. The Morgan fingerprint density at radius 2 is 2.10 bits per heavy atom. The topological polar surface area (TPSA) is 55.6 Å². The molecule has 2 N–H and O–H groups in total. The molecule has 1 heterocycles. The van der Waals surface area contributed by atoms with Crippen LogP contribution in [0.15, 0.2) is 30.3 Å². The van der Waals surface area contributed by atoms with Gasteiger partial charge in [0, 0.05) is 26.1 Å². The van der Waals surface area contributed by atoms with Crippen molar-refractivity contribution in [1.82, 2.24) is 4.90 Å². The fraction of sp³-hybridized carbons (Fsp3) is 0.533. The van der Waals surface area contributed by atoms with E-state index in [1.165, 1.54) is 5.56 Å². The summed E-state index contributed by atoms with van der Waals surface area (Å²) < 4.78 is 31.0. The number of methoxy groups -OCH3 is 1. The van der Waals surface area contributed by atoms with Gasteiger partial charge in [0.2, 0.25) is 6.41 Å². The number of hydrogen-bond acceptors (Lipinski definition) is 3. The summed E-state index contributed by atoms with van der Waals surface area (Å²) in [5.41, 5.74) is 6.40. The summed E-state index contributed by atoms with van der Waals surface area (Å²) in [7, 11) is 1.70. The van der Waals surface area contributed by atoms with Gasteiger partial charge in [0.1, 0.15) is 0 Å². The summed E-state index contributed by atoms with van der Waals surface area (Å²) in [4.78, 5) is 11.3. The van der Waals surface area contributed by atoms with E-state index in [1.54, 1.807) is 7.11 Å². The summed E-state index contributed by atoms with van der Waals surface area (Å²) in [6.07, 6.45) is 0.753. The molecule has 1 atom stereocenters. The Balaban J connectivity index is 0.000000219. The van der Waals surface area contributed by atoms with E-state index in [2.05, 4.69) is 0 Å². The highest BCUT2D eigenvalue weighted by atomic mass is 19.3. The maximum Gasteiger partial charge on any atom is 0.269 e. The molecule has 6 heteroatoms. The first-order chi connectivity index (χ1) is 10.0. The summed E-state index contributed by atoms with van der Waals surface area (Å²) in [5.74, 6) is -3.58. The number of nitrogens with two attached hydrogens (primary N) is 1. The molecule has 0 aromatic heterocycles. The number of carbonyl (C=O) groups excluding carboxylic acids is 1. The molecule has 1 unspecified atom stereocenters. The number of likely N-dealkylation sites (tertiary alicyclic amines) is 1. The minimum atomic E-state index is -2.81. The normalized spacial score (nSPS) is 20.4. The van der Waals surface area contributed by atoms with Crippen LogP contribution in [0.3, 0.4) is 0 Å². The number of alkyl halides is 2. The number of amides is 1. The van der Waals surface area contributed by atoms with Crippen molar-refractivity contribution in [2.75, 3.05) is 26.7 Å². The van der Waals surface area contributed by atoms with Crippen LogP contribution in [0.5, 0.6) is 0 Å². The number of benzene rings is 1. The van der Waals surface area contributed by atoms with Crippen LogP contribution >= 0.6 is 0 Å². The molecule has 1 aliphatic heterocycles. The van der Waals surface area contributed by atoms with Crippen molar-refractivity contribution >= 4 is 6.41 Å². The molecule has 0 aliphatic carbocycles. The maximum atomic E-state index is 13.0. The van der Waals surface area contributed by atoms with E-state index < -0.39 is 18.4 Å². The second-order valence-corrected chi connectivity index (χ2v) is 4.98. The number of nitrogens with zero attached hydrogens (tertiary/aromatic N) is 1. The van der Waals surface area contributed by atoms with Crippen LogP contribution in [0, 0.1) is 5.92 Å². The molecule has 118 valence electrons. The summed E-state index contributed by atoms with van der Waals surface area (Å²) in [6, 6.07) is 10.1. The van der Waals surface area contributed by atoms with Gasteiger partial charge in [-0.05, 0) is 12.0 Å². The Labute approximate surface area is 123 Å². The smallest absolute Gasteiger partial charge is 0.269 e. The van der Waals surface area contributed by atoms with Gasteiger partial charge in [-0.15, -0.1) is 0 Å². The van der Waals surface area contributed by atoms with Crippen LogP contribution in [0.2, 0.25) is 0 Å². The van der Waals surface area contributed by atoms with Crippen LogP contribution < -0.4 is 5.73 Å². The average molecular weight is 300 g/mol. The van der Waals surface area contributed by atoms with Crippen LogP contribution in [-0.2, 0) is 16.1 Å². The number of hydrogen-bond donors (Lipinski definition) is 1. The first-order valence-electron chi connectivity index (χ1n) is 6.83. The first-order valence-corrected chi connectivity index (χ1v) is 6.83. The first kappa shape index (κ1) is 17.5. The van der Waals surface area contributed by atoms with Gasteiger partial charge in [-0.25, -0.2) is 8.78 Å². The van der Waals surface area contributed by atoms with Crippen molar-refractivity contribution in [2.45, 2.75) is 19.0 Å². The summed E-state index contributed by atoms with van der Waals surface area (Å²) in [5, 5.41) is 0. The fourth-order valence-corrected chi connectivity index (χ4v) is 2.13. The van der Waals surface area contributed by atoms with Gasteiger partial charge >= 0.3 is 0 Å². The lowest BCUT2D eigenvalue weighted by atomic mass is 9.93. The largest absolute Gasteiger partial charge is 0.380 e. The quantitative estimate of drug-likeness (QED) is 0.864. The zero-order valence-electron chi connectivity index (χ0n) is 12.2. The molecule has 1 fully saturated rings. The summed E-state index contributed by atoms with van der Waals surface area (Å²) in [6.45, 7) is 0.597. The van der Waals surface area contributed by atoms with Gasteiger partial charge in [-0.1, -0.05) is 30.3 Å². The highest BCUT2D eigenvalue weighted by molar-refractivity contribution is 5.47. The minimum Gasteiger partial charge on any atom is -0.380 e. The molecular weight excluding hydrogens is 278 g/mol. The van der Waals surface area contributed by atoms with Crippen molar-refractivity contribution < 1.29 is 18.3 Å². The minimum absolute atomic E-state index is 0.0142. The van der Waals surface area contributed by atoms with E-state index >= 15 is 0 Å². The molecule has 1 amide bonds. The maximum absolute atomic E-state index is 13.0. The molecule has 21 heavy (non-hydrogen) atoms. The van der Waals surface area contributed by atoms with Gasteiger partial charge in [0.15, 0.2) is 0 Å². The molecule has 0 saturated carbocycles. The van der Waals surface area contributed by atoms with E-state index in [-0.39, 0.29) is 6.54 Å². The van der Waals surface area contributed by atoms with Gasteiger partial charge in [0.05, 0.1) is 13.2 Å². The Bertz CT molecular complexity index is 415. The third-order valence-corrected chi connectivity index (χ3v) is 3.36. The molecule has 0 bridgehead atoms. The van der Waals surface area contributed by atoms with Crippen molar-refractivity contribution in [2.24, 2.45) is 11.7 Å². The van der Waals surface area contributed by atoms with Crippen LogP contribution in [0.25, 0.3) is 0 Å².